The average Bonchev–Trinajstić information content (AvgIpc) is 3.23. The summed E-state index contributed by atoms with van der Waals surface area (Å²) in [5.41, 5.74) is 2.11. The van der Waals surface area contributed by atoms with Gasteiger partial charge < -0.3 is 9.84 Å². The molecule has 0 aliphatic heterocycles. The first-order chi connectivity index (χ1) is 11.8. The van der Waals surface area contributed by atoms with Crippen molar-refractivity contribution >= 4 is 16.2 Å². The van der Waals surface area contributed by atoms with Gasteiger partial charge in [0, 0.05) is 0 Å². The van der Waals surface area contributed by atoms with Crippen LogP contribution in [0.5, 0.6) is 5.75 Å². The SMILES string of the molecule is COc1ccc(-c2sc3cncn3c2C(O)C2CCCCC2)cc1. The van der Waals surface area contributed by atoms with E-state index in [0.29, 0.717) is 5.92 Å². The Morgan fingerprint density at radius 2 is 1.96 bits per heavy atom. The standard InChI is InChI=1S/C19H22N2O2S/c1-23-15-9-7-14(8-10-15)19-17(21-12-20-11-16(21)24-19)18(22)13-5-3-2-4-6-13/h7-13,18,22H,2-6H2,1H3. The molecule has 4 rings (SSSR count). The first-order valence-corrected chi connectivity index (χ1v) is 9.37. The molecule has 1 N–H and O–H groups in total. The molecule has 1 saturated carbocycles. The van der Waals surface area contributed by atoms with E-state index in [1.165, 1.54) is 19.3 Å². The van der Waals surface area contributed by atoms with Crippen LogP contribution in [0.3, 0.4) is 0 Å². The van der Waals surface area contributed by atoms with Crippen molar-refractivity contribution in [3.05, 3.63) is 42.5 Å². The van der Waals surface area contributed by atoms with E-state index in [1.807, 2.05) is 24.7 Å². The molecular formula is C19H22N2O2S. The second-order valence-corrected chi connectivity index (χ2v) is 7.52. The van der Waals surface area contributed by atoms with Crippen LogP contribution in [0, 0.1) is 5.92 Å². The highest BCUT2D eigenvalue weighted by Gasteiger charge is 2.29. The number of hydrogen-bond donors (Lipinski definition) is 1. The molecule has 0 radical (unpaired) electrons. The lowest BCUT2D eigenvalue weighted by Crippen LogP contribution is -2.17. The first-order valence-electron chi connectivity index (χ1n) is 8.55. The zero-order valence-corrected chi connectivity index (χ0v) is 14.6. The molecule has 0 bridgehead atoms. The number of methoxy groups -OCH3 is 1. The molecule has 3 aromatic rings. The lowest BCUT2D eigenvalue weighted by Gasteiger charge is -2.27. The summed E-state index contributed by atoms with van der Waals surface area (Å²) in [5.74, 6) is 1.19. The summed E-state index contributed by atoms with van der Waals surface area (Å²) in [7, 11) is 1.67. The highest BCUT2D eigenvalue weighted by Crippen LogP contribution is 2.42. The Balaban J connectivity index is 1.78. The summed E-state index contributed by atoms with van der Waals surface area (Å²) in [6.45, 7) is 0. The molecule has 24 heavy (non-hydrogen) atoms. The maximum atomic E-state index is 11.1. The van der Waals surface area contributed by atoms with Crippen LogP contribution in [0.2, 0.25) is 0 Å². The van der Waals surface area contributed by atoms with Gasteiger partial charge in [-0.2, -0.15) is 0 Å². The first kappa shape index (κ1) is 15.7. The quantitative estimate of drug-likeness (QED) is 0.748. The summed E-state index contributed by atoms with van der Waals surface area (Å²) < 4.78 is 7.32. The third kappa shape index (κ3) is 2.72. The maximum absolute atomic E-state index is 11.1. The van der Waals surface area contributed by atoms with Crippen LogP contribution in [0.1, 0.15) is 43.9 Å². The Morgan fingerprint density at radius 1 is 1.21 bits per heavy atom. The number of nitrogens with zero attached hydrogens (tertiary/aromatic N) is 2. The minimum Gasteiger partial charge on any atom is -0.497 e. The maximum Gasteiger partial charge on any atom is 0.120 e. The number of benzene rings is 1. The molecule has 2 heterocycles. The third-order valence-corrected chi connectivity index (χ3v) is 6.19. The number of aromatic nitrogens is 2. The molecule has 1 atom stereocenters. The number of rotatable bonds is 4. The van der Waals surface area contributed by atoms with Gasteiger partial charge in [0.15, 0.2) is 0 Å². The van der Waals surface area contributed by atoms with Crippen LogP contribution in [-0.2, 0) is 0 Å². The summed E-state index contributed by atoms with van der Waals surface area (Å²) in [6.07, 6.45) is 9.19. The molecule has 1 aliphatic carbocycles. The smallest absolute Gasteiger partial charge is 0.120 e. The monoisotopic (exact) mass is 342 g/mol. The van der Waals surface area contributed by atoms with E-state index >= 15 is 0 Å². The molecular weight excluding hydrogens is 320 g/mol. The number of hydrogen-bond acceptors (Lipinski definition) is 4. The van der Waals surface area contributed by atoms with Gasteiger partial charge >= 0.3 is 0 Å². The van der Waals surface area contributed by atoms with E-state index in [1.54, 1.807) is 18.4 Å². The van der Waals surface area contributed by atoms with Crippen molar-refractivity contribution in [3.63, 3.8) is 0 Å². The third-order valence-electron chi connectivity index (χ3n) is 5.03. The lowest BCUT2D eigenvalue weighted by molar-refractivity contribution is 0.0811. The van der Waals surface area contributed by atoms with E-state index in [4.69, 9.17) is 4.74 Å². The van der Waals surface area contributed by atoms with Crippen LogP contribution < -0.4 is 4.74 Å². The van der Waals surface area contributed by atoms with Gasteiger partial charge in [0.25, 0.3) is 0 Å². The highest BCUT2D eigenvalue weighted by atomic mass is 32.1. The van der Waals surface area contributed by atoms with Gasteiger partial charge in [-0.25, -0.2) is 4.98 Å². The van der Waals surface area contributed by atoms with Gasteiger partial charge in [-0.05, 0) is 48.6 Å². The summed E-state index contributed by atoms with van der Waals surface area (Å²) in [6, 6.07) is 8.07. The molecule has 2 aromatic heterocycles. The van der Waals surface area contributed by atoms with Gasteiger partial charge in [0.05, 0.1) is 30.0 Å². The molecule has 1 fully saturated rings. The van der Waals surface area contributed by atoms with Crippen molar-refractivity contribution in [1.29, 1.82) is 0 Å². The van der Waals surface area contributed by atoms with Crippen LogP contribution in [0.25, 0.3) is 15.3 Å². The number of fused-ring (bicyclic) bond motifs is 1. The predicted molar refractivity (Wildman–Crippen MR) is 96.6 cm³/mol. The zero-order chi connectivity index (χ0) is 16.5. The van der Waals surface area contributed by atoms with Crippen molar-refractivity contribution < 1.29 is 9.84 Å². The molecule has 1 aromatic carbocycles. The Labute approximate surface area is 145 Å². The Morgan fingerprint density at radius 3 is 2.67 bits per heavy atom. The number of ether oxygens (including phenoxy) is 1. The minimum atomic E-state index is -0.439. The van der Waals surface area contributed by atoms with Crippen LogP contribution in [0.4, 0.5) is 0 Å². The number of thiazole rings is 1. The van der Waals surface area contributed by atoms with E-state index in [9.17, 15) is 5.11 Å². The van der Waals surface area contributed by atoms with Crippen molar-refractivity contribution in [3.8, 4) is 16.2 Å². The highest BCUT2D eigenvalue weighted by molar-refractivity contribution is 7.20. The van der Waals surface area contributed by atoms with E-state index in [-0.39, 0.29) is 0 Å². The Kier molecular flexibility index (Phi) is 4.29. The molecule has 5 heteroatoms. The second-order valence-electron chi connectivity index (χ2n) is 6.49. The molecule has 1 aliphatic rings. The largest absolute Gasteiger partial charge is 0.497 e. The van der Waals surface area contributed by atoms with Crippen molar-refractivity contribution in [1.82, 2.24) is 9.38 Å². The molecule has 0 amide bonds. The fourth-order valence-corrected chi connectivity index (χ4v) is 4.85. The Bertz CT molecular complexity index is 816. The average molecular weight is 342 g/mol. The van der Waals surface area contributed by atoms with Gasteiger partial charge in [0.1, 0.15) is 16.9 Å². The number of aliphatic hydroxyl groups is 1. The summed E-state index contributed by atoms with van der Waals surface area (Å²) in [5, 5.41) is 11.1. The topological polar surface area (TPSA) is 46.8 Å². The summed E-state index contributed by atoms with van der Waals surface area (Å²) >= 11 is 1.69. The zero-order valence-electron chi connectivity index (χ0n) is 13.8. The fraction of sp³-hybridized carbons (Fsp3) is 0.421. The molecule has 0 saturated heterocycles. The van der Waals surface area contributed by atoms with Crippen molar-refractivity contribution in [2.24, 2.45) is 5.92 Å². The van der Waals surface area contributed by atoms with E-state index in [0.717, 1.165) is 39.6 Å². The van der Waals surface area contributed by atoms with E-state index in [2.05, 4.69) is 21.5 Å². The fourth-order valence-electron chi connectivity index (χ4n) is 3.70. The van der Waals surface area contributed by atoms with Gasteiger partial charge in [-0.15, -0.1) is 11.3 Å². The second kappa shape index (κ2) is 6.57. The van der Waals surface area contributed by atoms with Crippen molar-refractivity contribution in [2.75, 3.05) is 7.11 Å². The molecule has 4 nitrogen and oxygen atoms in total. The predicted octanol–water partition coefficient (Wildman–Crippen LogP) is 4.69. The number of imidazole rings is 1. The van der Waals surface area contributed by atoms with Crippen LogP contribution in [-0.4, -0.2) is 21.6 Å². The van der Waals surface area contributed by atoms with Gasteiger partial charge in [-0.1, -0.05) is 19.3 Å². The lowest BCUT2D eigenvalue weighted by atomic mass is 9.83. The Hall–Kier alpha value is -1.85. The van der Waals surface area contributed by atoms with Crippen LogP contribution in [0.15, 0.2) is 36.8 Å². The molecule has 126 valence electrons. The van der Waals surface area contributed by atoms with Crippen molar-refractivity contribution in [2.45, 2.75) is 38.2 Å². The van der Waals surface area contributed by atoms with Crippen LogP contribution >= 0.6 is 11.3 Å². The normalized spacial score (nSPS) is 17.2. The molecule has 1 unspecified atom stereocenters. The van der Waals surface area contributed by atoms with Gasteiger partial charge in [0.2, 0.25) is 0 Å². The van der Waals surface area contributed by atoms with E-state index < -0.39 is 6.10 Å². The summed E-state index contributed by atoms with van der Waals surface area (Å²) in [4.78, 5) is 6.46. The number of aliphatic hydroxyl groups excluding tert-OH is 1. The van der Waals surface area contributed by atoms with Gasteiger partial charge in [-0.3, -0.25) is 4.40 Å². The molecule has 0 spiro atoms. The minimum absolute atomic E-state index is 0.343.